The van der Waals surface area contributed by atoms with Crippen LogP contribution < -0.4 is 10.6 Å². The highest BCUT2D eigenvalue weighted by atomic mass is 16.6. The molecule has 0 amide bonds. The Morgan fingerprint density at radius 2 is 2.25 bits per heavy atom. The van der Waals surface area contributed by atoms with Gasteiger partial charge in [0.05, 0.1) is 10.6 Å². The molecule has 0 saturated heterocycles. The Hall–Kier alpha value is -1.10. The van der Waals surface area contributed by atoms with E-state index in [1.807, 2.05) is 6.92 Å². The van der Waals surface area contributed by atoms with E-state index in [0.29, 0.717) is 12.2 Å². The van der Waals surface area contributed by atoms with Crippen LogP contribution in [0.4, 0.5) is 0 Å². The molecule has 0 fully saturated rings. The Morgan fingerprint density at radius 1 is 1.58 bits per heavy atom. The molecular weight excluding hydrogens is 158 g/mol. The van der Waals surface area contributed by atoms with Crippen molar-refractivity contribution in [3.8, 4) is 0 Å². The minimum Gasteiger partial charge on any atom is -0.382 e. The van der Waals surface area contributed by atoms with Gasteiger partial charge in [-0.15, -0.1) is 0 Å². The molecule has 0 aromatic rings. The second-order valence-corrected chi connectivity index (χ2v) is 2.38. The highest BCUT2D eigenvalue weighted by molar-refractivity contribution is 4.88. The van der Waals surface area contributed by atoms with Crippen LogP contribution in [0.25, 0.3) is 0 Å². The van der Waals surface area contributed by atoms with Crippen LogP contribution in [0.5, 0.6) is 0 Å². The summed E-state index contributed by atoms with van der Waals surface area (Å²) in [4.78, 5) is 9.51. The summed E-state index contributed by atoms with van der Waals surface area (Å²) in [6.07, 6.45) is 0.964. The van der Waals surface area contributed by atoms with E-state index in [1.54, 1.807) is 6.92 Å². The maximum absolute atomic E-state index is 9.97. The summed E-state index contributed by atoms with van der Waals surface area (Å²) in [7, 11) is 0. The lowest BCUT2D eigenvalue weighted by molar-refractivity contribution is -0.403. The molecule has 0 rings (SSSR count). The van der Waals surface area contributed by atoms with Crippen LogP contribution in [0.15, 0.2) is 11.9 Å². The van der Waals surface area contributed by atoms with Crippen molar-refractivity contribution in [2.45, 2.75) is 13.8 Å². The Kier molecular flexibility index (Phi) is 6.00. The minimum absolute atomic E-state index is 0.463. The lowest BCUT2D eigenvalue weighted by Gasteiger charge is -2.03. The first-order valence-corrected chi connectivity index (χ1v) is 3.93. The number of nitrogens with zero attached hydrogens (tertiary/aromatic N) is 1. The Balaban J connectivity index is 3.43. The normalized spacial score (nSPS) is 11.3. The van der Waals surface area contributed by atoms with Gasteiger partial charge in [0.25, 0.3) is 6.20 Å². The number of nitro groups is 1. The molecule has 12 heavy (non-hydrogen) atoms. The topological polar surface area (TPSA) is 67.2 Å². The number of hydrogen-bond donors (Lipinski definition) is 2. The standard InChI is InChI=1S/C7H15N3O2/c1-3-8-4-5-9-7(2)6-10(11)12/h6,8-9H,3-5H2,1-2H3/b7-6-. The first-order valence-electron chi connectivity index (χ1n) is 3.93. The zero-order valence-electron chi connectivity index (χ0n) is 7.46. The molecule has 0 aromatic carbocycles. The third-order valence-corrected chi connectivity index (χ3v) is 1.25. The van der Waals surface area contributed by atoms with Crippen molar-refractivity contribution in [1.29, 1.82) is 0 Å². The van der Waals surface area contributed by atoms with E-state index < -0.39 is 4.92 Å². The summed E-state index contributed by atoms with van der Waals surface area (Å²) in [6.45, 7) is 6.14. The first kappa shape index (κ1) is 10.9. The summed E-state index contributed by atoms with van der Waals surface area (Å²) >= 11 is 0. The van der Waals surface area contributed by atoms with Gasteiger partial charge in [-0.05, 0) is 13.5 Å². The van der Waals surface area contributed by atoms with Gasteiger partial charge in [-0.1, -0.05) is 6.92 Å². The van der Waals surface area contributed by atoms with Gasteiger partial charge in [0, 0.05) is 13.1 Å². The van der Waals surface area contributed by atoms with Crippen LogP contribution >= 0.6 is 0 Å². The van der Waals surface area contributed by atoms with Crippen LogP contribution in [0.1, 0.15) is 13.8 Å². The van der Waals surface area contributed by atoms with Gasteiger partial charge in [0.15, 0.2) is 0 Å². The van der Waals surface area contributed by atoms with E-state index in [0.717, 1.165) is 19.3 Å². The van der Waals surface area contributed by atoms with Crippen LogP contribution in [0, 0.1) is 10.1 Å². The largest absolute Gasteiger partial charge is 0.382 e. The van der Waals surface area contributed by atoms with E-state index in [-0.39, 0.29) is 0 Å². The first-order chi connectivity index (χ1) is 5.66. The average Bonchev–Trinajstić information content (AvgIpc) is 1.97. The van der Waals surface area contributed by atoms with Gasteiger partial charge in [0.1, 0.15) is 0 Å². The molecule has 5 heteroatoms. The number of nitrogens with one attached hydrogen (secondary N) is 2. The predicted octanol–water partition coefficient (Wildman–Crippen LogP) is 0.324. The van der Waals surface area contributed by atoms with Crippen molar-refractivity contribution >= 4 is 0 Å². The van der Waals surface area contributed by atoms with E-state index in [2.05, 4.69) is 10.6 Å². The maximum Gasteiger partial charge on any atom is 0.252 e. The zero-order valence-corrected chi connectivity index (χ0v) is 7.46. The molecule has 0 saturated carbocycles. The summed E-state index contributed by atoms with van der Waals surface area (Å²) < 4.78 is 0. The molecule has 0 aliphatic heterocycles. The third-order valence-electron chi connectivity index (χ3n) is 1.25. The highest BCUT2D eigenvalue weighted by Crippen LogP contribution is 1.84. The second-order valence-electron chi connectivity index (χ2n) is 2.38. The summed E-state index contributed by atoms with van der Waals surface area (Å²) in [5.41, 5.74) is 0.581. The SMILES string of the molecule is CCNCCN/C(C)=C\[N+](=O)[O-]. The zero-order chi connectivity index (χ0) is 9.40. The lowest BCUT2D eigenvalue weighted by atomic mass is 10.5. The highest BCUT2D eigenvalue weighted by Gasteiger charge is 1.93. The monoisotopic (exact) mass is 173 g/mol. The van der Waals surface area contributed by atoms with E-state index in [4.69, 9.17) is 0 Å². The molecule has 0 aliphatic carbocycles. The summed E-state index contributed by atoms with van der Waals surface area (Å²) in [6, 6.07) is 0. The fraction of sp³-hybridized carbons (Fsp3) is 0.714. The fourth-order valence-corrected chi connectivity index (χ4v) is 0.729. The number of allylic oxidation sites excluding steroid dienone is 1. The molecule has 0 spiro atoms. The van der Waals surface area contributed by atoms with Crippen molar-refractivity contribution in [1.82, 2.24) is 10.6 Å². The van der Waals surface area contributed by atoms with Crippen molar-refractivity contribution in [3.63, 3.8) is 0 Å². The quantitative estimate of drug-likeness (QED) is 0.345. The smallest absolute Gasteiger partial charge is 0.252 e. The molecule has 5 nitrogen and oxygen atoms in total. The Morgan fingerprint density at radius 3 is 2.75 bits per heavy atom. The Bertz CT molecular complexity index is 168. The lowest BCUT2D eigenvalue weighted by Crippen LogP contribution is -2.26. The van der Waals surface area contributed by atoms with E-state index in [9.17, 15) is 10.1 Å². The molecule has 70 valence electrons. The van der Waals surface area contributed by atoms with Crippen molar-refractivity contribution in [2.75, 3.05) is 19.6 Å². The molecule has 0 atom stereocenters. The van der Waals surface area contributed by atoms with Crippen LogP contribution in [-0.4, -0.2) is 24.6 Å². The van der Waals surface area contributed by atoms with Crippen molar-refractivity contribution < 1.29 is 4.92 Å². The van der Waals surface area contributed by atoms with Gasteiger partial charge in [-0.3, -0.25) is 10.1 Å². The van der Waals surface area contributed by atoms with E-state index in [1.165, 1.54) is 0 Å². The predicted molar refractivity (Wildman–Crippen MR) is 47.3 cm³/mol. The van der Waals surface area contributed by atoms with Gasteiger partial charge in [0.2, 0.25) is 0 Å². The minimum atomic E-state index is -0.463. The second kappa shape index (κ2) is 6.60. The molecule has 0 bridgehead atoms. The van der Waals surface area contributed by atoms with Crippen molar-refractivity contribution in [2.24, 2.45) is 0 Å². The van der Waals surface area contributed by atoms with E-state index >= 15 is 0 Å². The summed E-state index contributed by atoms with van der Waals surface area (Å²) in [5.74, 6) is 0. The molecular formula is C7H15N3O2. The third kappa shape index (κ3) is 7.01. The molecule has 2 N–H and O–H groups in total. The van der Waals surface area contributed by atoms with Crippen LogP contribution in [0.2, 0.25) is 0 Å². The van der Waals surface area contributed by atoms with Crippen LogP contribution in [0.3, 0.4) is 0 Å². The maximum atomic E-state index is 9.97. The Labute approximate surface area is 72.0 Å². The average molecular weight is 173 g/mol. The molecule has 0 heterocycles. The number of hydrogen-bond acceptors (Lipinski definition) is 4. The van der Waals surface area contributed by atoms with Crippen LogP contribution in [-0.2, 0) is 0 Å². The molecule has 0 unspecified atom stereocenters. The molecule has 0 radical (unpaired) electrons. The molecule has 0 aliphatic rings. The molecule has 0 aromatic heterocycles. The van der Waals surface area contributed by atoms with Gasteiger partial charge >= 0.3 is 0 Å². The summed E-state index contributed by atoms with van der Waals surface area (Å²) in [5, 5.41) is 16.0. The van der Waals surface area contributed by atoms with Crippen molar-refractivity contribution in [3.05, 3.63) is 22.0 Å². The van der Waals surface area contributed by atoms with Gasteiger partial charge in [-0.25, -0.2) is 0 Å². The van der Waals surface area contributed by atoms with Gasteiger partial charge in [-0.2, -0.15) is 0 Å². The van der Waals surface area contributed by atoms with Gasteiger partial charge < -0.3 is 10.6 Å². The number of rotatable bonds is 6. The number of likely N-dealkylation sites (N-methyl/N-ethyl adjacent to an activating group) is 1. The fourth-order valence-electron chi connectivity index (χ4n) is 0.729.